The predicted octanol–water partition coefficient (Wildman–Crippen LogP) is 2.60. The van der Waals surface area contributed by atoms with Gasteiger partial charge in [0.25, 0.3) is 0 Å². The number of carbonyl (C=O) groups excluding carboxylic acids is 1. The summed E-state index contributed by atoms with van der Waals surface area (Å²) in [5, 5.41) is 11.9. The second-order valence-electron chi connectivity index (χ2n) is 4.14. The average molecular weight is 301 g/mol. The zero-order valence-corrected chi connectivity index (χ0v) is 12.3. The van der Waals surface area contributed by atoms with E-state index in [1.807, 2.05) is 0 Å². The van der Waals surface area contributed by atoms with Gasteiger partial charge in [-0.1, -0.05) is 11.6 Å². The Labute approximate surface area is 122 Å². The van der Waals surface area contributed by atoms with Crippen molar-refractivity contribution < 1.29 is 19.4 Å². The van der Waals surface area contributed by atoms with Crippen molar-refractivity contribution in [1.82, 2.24) is 4.90 Å². The molecule has 0 spiro atoms. The number of urea groups is 1. The van der Waals surface area contributed by atoms with Crippen LogP contribution in [0, 0.1) is 6.92 Å². The third kappa shape index (κ3) is 4.03. The Kier molecular flexibility index (Phi) is 5.64. The summed E-state index contributed by atoms with van der Waals surface area (Å²) in [6, 6.07) is 2.77. The minimum absolute atomic E-state index is 0.285. The number of carboxylic acids is 1. The molecule has 0 saturated carbocycles. The molecule has 1 aromatic rings. The van der Waals surface area contributed by atoms with Crippen LogP contribution >= 0.6 is 11.6 Å². The van der Waals surface area contributed by atoms with Gasteiger partial charge < -0.3 is 20.1 Å². The van der Waals surface area contributed by atoms with Crippen LogP contribution in [0.2, 0.25) is 5.02 Å². The monoisotopic (exact) mass is 300 g/mol. The molecule has 0 aromatic heterocycles. The van der Waals surface area contributed by atoms with E-state index >= 15 is 0 Å². The van der Waals surface area contributed by atoms with Gasteiger partial charge in [0.05, 0.1) is 12.8 Å². The molecule has 0 aliphatic carbocycles. The molecule has 0 fully saturated rings. The second kappa shape index (κ2) is 7.00. The number of nitrogens with one attached hydrogen (secondary N) is 1. The number of carboxylic acid groups (broad SMARTS) is 1. The van der Waals surface area contributed by atoms with Crippen LogP contribution in [0.5, 0.6) is 5.75 Å². The summed E-state index contributed by atoms with van der Waals surface area (Å²) >= 11 is 5.98. The van der Waals surface area contributed by atoms with Crippen LogP contribution in [0.25, 0.3) is 0 Å². The van der Waals surface area contributed by atoms with Crippen LogP contribution in [0.3, 0.4) is 0 Å². The SMILES string of the molecule is CCN(CC(=O)O)C(=O)Nc1cc(C)c(Cl)cc1OC. The van der Waals surface area contributed by atoms with Gasteiger partial charge in [-0.15, -0.1) is 0 Å². The van der Waals surface area contributed by atoms with Gasteiger partial charge in [0, 0.05) is 17.6 Å². The number of benzene rings is 1. The maximum atomic E-state index is 12.0. The Balaban J connectivity index is 2.94. The molecule has 1 aromatic carbocycles. The fourth-order valence-electron chi connectivity index (χ4n) is 1.61. The number of anilines is 1. The third-order valence-electron chi connectivity index (χ3n) is 2.72. The summed E-state index contributed by atoms with van der Waals surface area (Å²) < 4.78 is 5.14. The molecule has 0 heterocycles. The number of rotatable bonds is 5. The highest BCUT2D eigenvalue weighted by molar-refractivity contribution is 6.31. The maximum absolute atomic E-state index is 12.0. The molecular formula is C13H17ClN2O4. The first kappa shape index (κ1) is 16.1. The van der Waals surface area contributed by atoms with E-state index in [1.165, 1.54) is 12.0 Å². The lowest BCUT2D eigenvalue weighted by Gasteiger charge is -2.20. The summed E-state index contributed by atoms with van der Waals surface area (Å²) in [6.07, 6.45) is 0. The number of amides is 2. The normalized spacial score (nSPS) is 10.0. The summed E-state index contributed by atoms with van der Waals surface area (Å²) in [7, 11) is 1.46. The van der Waals surface area contributed by atoms with E-state index in [-0.39, 0.29) is 13.1 Å². The summed E-state index contributed by atoms with van der Waals surface area (Å²) in [5.74, 6) is -0.651. The Bertz CT molecular complexity index is 519. The van der Waals surface area contributed by atoms with Crippen LogP contribution in [-0.2, 0) is 4.79 Å². The number of likely N-dealkylation sites (N-methyl/N-ethyl adjacent to an activating group) is 1. The summed E-state index contributed by atoms with van der Waals surface area (Å²) in [6.45, 7) is 3.42. The number of ether oxygens (including phenoxy) is 1. The molecular weight excluding hydrogens is 284 g/mol. The topological polar surface area (TPSA) is 78.9 Å². The number of methoxy groups -OCH3 is 1. The molecule has 110 valence electrons. The minimum atomic E-state index is -1.07. The highest BCUT2D eigenvalue weighted by atomic mass is 35.5. The molecule has 0 atom stereocenters. The standard InChI is InChI=1S/C13H17ClN2O4/c1-4-16(7-12(17)18)13(19)15-10-5-8(2)9(14)6-11(10)20-3/h5-6H,4,7H2,1-3H3,(H,15,19)(H,17,18). The lowest BCUT2D eigenvalue weighted by molar-refractivity contribution is -0.137. The number of nitrogens with zero attached hydrogens (tertiary/aromatic N) is 1. The molecule has 0 aliphatic heterocycles. The molecule has 20 heavy (non-hydrogen) atoms. The van der Waals surface area contributed by atoms with Gasteiger partial charge in [0.2, 0.25) is 0 Å². The maximum Gasteiger partial charge on any atom is 0.323 e. The van der Waals surface area contributed by atoms with Crippen molar-refractivity contribution >= 4 is 29.3 Å². The third-order valence-corrected chi connectivity index (χ3v) is 3.12. The smallest absolute Gasteiger partial charge is 0.323 e. The van der Waals surface area contributed by atoms with Crippen LogP contribution in [0.15, 0.2) is 12.1 Å². The molecule has 2 amide bonds. The number of aryl methyl sites for hydroxylation is 1. The molecule has 7 heteroatoms. The average Bonchev–Trinajstić information content (AvgIpc) is 2.39. The number of carbonyl (C=O) groups is 2. The van der Waals surface area contributed by atoms with Crippen molar-refractivity contribution in [2.75, 3.05) is 25.5 Å². The number of hydrogen-bond acceptors (Lipinski definition) is 3. The van der Waals surface area contributed by atoms with Crippen molar-refractivity contribution in [3.8, 4) is 5.75 Å². The fourth-order valence-corrected chi connectivity index (χ4v) is 1.77. The molecule has 0 saturated heterocycles. The van der Waals surface area contributed by atoms with Crippen molar-refractivity contribution in [3.05, 3.63) is 22.7 Å². The van der Waals surface area contributed by atoms with E-state index in [2.05, 4.69) is 5.32 Å². The van der Waals surface area contributed by atoms with E-state index in [0.29, 0.717) is 16.5 Å². The number of aliphatic carboxylic acids is 1. The first-order valence-corrected chi connectivity index (χ1v) is 6.38. The van der Waals surface area contributed by atoms with Crippen LogP contribution in [0.4, 0.5) is 10.5 Å². The largest absolute Gasteiger partial charge is 0.495 e. The summed E-state index contributed by atoms with van der Waals surface area (Å²) in [5.41, 5.74) is 1.23. The quantitative estimate of drug-likeness (QED) is 0.876. The van der Waals surface area contributed by atoms with Gasteiger partial charge in [0.15, 0.2) is 0 Å². The Morgan fingerprint density at radius 2 is 2.10 bits per heavy atom. The Hall–Kier alpha value is -1.95. The highest BCUT2D eigenvalue weighted by Crippen LogP contribution is 2.31. The van der Waals surface area contributed by atoms with Gasteiger partial charge in [-0.05, 0) is 25.5 Å². The minimum Gasteiger partial charge on any atom is -0.495 e. The van der Waals surface area contributed by atoms with E-state index in [4.69, 9.17) is 21.4 Å². The van der Waals surface area contributed by atoms with Crippen molar-refractivity contribution in [2.45, 2.75) is 13.8 Å². The first-order chi connectivity index (χ1) is 9.38. The fraction of sp³-hybridized carbons (Fsp3) is 0.385. The van der Waals surface area contributed by atoms with Gasteiger partial charge >= 0.3 is 12.0 Å². The van der Waals surface area contributed by atoms with Gasteiger partial charge in [-0.3, -0.25) is 4.79 Å². The van der Waals surface area contributed by atoms with E-state index in [9.17, 15) is 9.59 Å². The van der Waals surface area contributed by atoms with Crippen molar-refractivity contribution in [1.29, 1.82) is 0 Å². The van der Waals surface area contributed by atoms with Gasteiger partial charge in [-0.25, -0.2) is 4.79 Å². The Morgan fingerprint density at radius 3 is 2.60 bits per heavy atom. The van der Waals surface area contributed by atoms with E-state index < -0.39 is 12.0 Å². The predicted molar refractivity (Wildman–Crippen MR) is 76.6 cm³/mol. The second-order valence-corrected chi connectivity index (χ2v) is 4.55. The zero-order valence-electron chi connectivity index (χ0n) is 11.6. The van der Waals surface area contributed by atoms with E-state index in [1.54, 1.807) is 26.0 Å². The molecule has 0 aliphatic rings. The Morgan fingerprint density at radius 1 is 1.45 bits per heavy atom. The van der Waals surface area contributed by atoms with Crippen LogP contribution in [0.1, 0.15) is 12.5 Å². The number of halogens is 1. The lowest BCUT2D eigenvalue weighted by atomic mass is 10.2. The summed E-state index contributed by atoms with van der Waals surface area (Å²) in [4.78, 5) is 23.9. The zero-order chi connectivity index (χ0) is 15.3. The van der Waals surface area contributed by atoms with Crippen molar-refractivity contribution in [3.63, 3.8) is 0 Å². The highest BCUT2D eigenvalue weighted by Gasteiger charge is 2.17. The molecule has 0 radical (unpaired) electrons. The van der Waals surface area contributed by atoms with Crippen LogP contribution < -0.4 is 10.1 Å². The first-order valence-electron chi connectivity index (χ1n) is 6.00. The lowest BCUT2D eigenvalue weighted by Crippen LogP contribution is -2.38. The van der Waals surface area contributed by atoms with Gasteiger partial charge in [0.1, 0.15) is 12.3 Å². The molecule has 1 rings (SSSR count). The molecule has 0 unspecified atom stereocenters. The molecule has 2 N–H and O–H groups in total. The molecule has 6 nitrogen and oxygen atoms in total. The van der Waals surface area contributed by atoms with E-state index in [0.717, 1.165) is 5.56 Å². The molecule has 0 bridgehead atoms. The van der Waals surface area contributed by atoms with Crippen molar-refractivity contribution in [2.24, 2.45) is 0 Å². The van der Waals surface area contributed by atoms with Gasteiger partial charge in [-0.2, -0.15) is 0 Å². The van der Waals surface area contributed by atoms with Crippen LogP contribution in [-0.4, -0.2) is 42.2 Å². The number of hydrogen-bond donors (Lipinski definition) is 2.